The summed E-state index contributed by atoms with van der Waals surface area (Å²) in [4.78, 5) is 24.5. The zero-order valence-corrected chi connectivity index (χ0v) is 15.1. The fraction of sp³-hybridized carbons (Fsp3) is 0.158. The van der Waals surface area contributed by atoms with Crippen LogP contribution in [-0.4, -0.2) is 23.5 Å². The van der Waals surface area contributed by atoms with E-state index in [1.165, 1.54) is 18.3 Å². The van der Waals surface area contributed by atoms with E-state index in [4.69, 9.17) is 0 Å². The van der Waals surface area contributed by atoms with Crippen LogP contribution in [-0.2, 0) is 15.2 Å². The van der Waals surface area contributed by atoms with Crippen molar-refractivity contribution in [2.75, 3.05) is 11.9 Å². The van der Waals surface area contributed by atoms with Gasteiger partial charge in [0.25, 0.3) is 0 Å². The van der Waals surface area contributed by atoms with Crippen molar-refractivity contribution < 1.29 is 23.5 Å². The minimum absolute atomic E-state index is 0.210. The number of thiophene rings is 1. The van der Waals surface area contributed by atoms with Gasteiger partial charge in [0.05, 0.1) is 12.2 Å². The van der Waals surface area contributed by atoms with Crippen molar-refractivity contribution in [3.8, 4) is 0 Å². The van der Waals surface area contributed by atoms with E-state index in [0.717, 1.165) is 22.2 Å². The second-order valence-electron chi connectivity index (χ2n) is 6.18. The number of hydrogen-bond donors (Lipinski definition) is 3. The molecule has 3 aromatic rings. The van der Waals surface area contributed by atoms with Crippen LogP contribution in [0.25, 0.3) is 10.1 Å². The monoisotopic (exact) mass is 390 g/mol. The lowest BCUT2D eigenvalue weighted by atomic mass is 10.0. The van der Waals surface area contributed by atoms with Crippen molar-refractivity contribution in [2.24, 2.45) is 0 Å². The fourth-order valence-electron chi connectivity index (χ4n) is 2.44. The average Bonchev–Trinajstić information content (AvgIpc) is 3.07. The first kappa shape index (κ1) is 18.9. The third-order valence-corrected chi connectivity index (χ3v) is 5.30. The Kier molecular flexibility index (Phi) is 5.20. The maximum Gasteiger partial charge on any atom is 0.313 e. The molecular formula is C19H16F2N2O3S. The van der Waals surface area contributed by atoms with Crippen molar-refractivity contribution in [3.63, 3.8) is 0 Å². The highest BCUT2D eigenvalue weighted by atomic mass is 32.1. The highest BCUT2D eigenvalue weighted by Crippen LogP contribution is 2.32. The van der Waals surface area contributed by atoms with Crippen molar-refractivity contribution in [1.29, 1.82) is 0 Å². The van der Waals surface area contributed by atoms with Crippen molar-refractivity contribution in [1.82, 2.24) is 5.32 Å². The molecule has 1 aromatic heterocycles. The molecule has 3 rings (SSSR count). The van der Waals surface area contributed by atoms with Gasteiger partial charge in [0.2, 0.25) is 0 Å². The Hall–Kier alpha value is -2.84. The smallest absolute Gasteiger partial charge is 0.313 e. The van der Waals surface area contributed by atoms with Crippen LogP contribution in [0.15, 0.2) is 48.5 Å². The zero-order chi connectivity index (χ0) is 19.6. The predicted molar refractivity (Wildman–Crippen MR) is 99.4 cm³/mol. The molecular weight excluding hydrogens is 374 g/mol. The molecule has 0 bridgehead atoms. The molecule has 140 valence electrons. The molecule has 0 aliphatic rings. The van der Waals surface area contributed by atoms with Crippen molar-refractivity contribution in [2.45, 2.75) is 12.5 Å². The van der Waals surface area contributed by atoms with Crippen LogP contribution in [0.1, 0.15) is 11.8 Å². The molecule has 1 atom stereocenters. The summed E-state index contributed by atoms with van der Waals surface area (Å²) in [5, 5.41) is 16.0. The summed E-state index contributed by atoms with van der Waals surface area (Å²) in [6, 6.07) is 12.0. The van der Waals surface area contributed by atoms with Gasteiger partial charge in [-0.05, 0) is 36.6 Å². The fourth-order valence-corrected chi connectivity index (χ4v) is 3.54. The molecule has 27 heavy (non-hydrogen) atoms. The van der Waals surface area contributed by atoms with Gasteiger partial charge in [0.1, 0.15) is 17.2 Å². The number of halogens is 2. The number of hydrogen-bond acceptors (Lipinski definition) is 4. The Morgan fingerprint density at radius 2 is 1.85 bits per heavy atom. The first-order chi connectivity index (χ1) is 12.8. The Labute approximate surface area is 157 Å². The molecule has 1 unspecified atom stereocenters. The third-order valence-electron chi connectivity index (χ3n) is 3.94. The Morgan fingerprint density at radius 3 is 2.56 bits per heavy atom. The molecule has 0 aliphatic carbocycles. The van der Waals surface area contributed by atoms with Crippen LogP contribution >= 0.6 is 11.3 Å². The van der Waals surface area contributed by atoms with E-state index in [-0.39, 0.29) is 12.2 Å². The van der Waals surface area contributed by atoms with E-state index >= 15 is 0 Å². The van der Waals surface area contributed by atoms with Gasteiger partial charge in [0, 0.05) is 15.6 Å². The molecule has 8 heteroatoms. The van der Waals surface area contributed by atoms with Crippen molar-refractivity contribution >= 4 is 38.9 Å². The standard InChI is InChI=1S/C19H16F2N2O3S/c1-19(26,16-8-11-4-2-3-5-15(11)27-16)10-22-17(24)18(25)23-14-7-6-12(20)9-13(14)21/h2-9,26H,10H2,1H3,(H,22,24)(H,23,25). The summed E-state index contributed by atoms with van der Waals surface area (Å²) in [6.07, 6.45) is 0. The minimum Gasteiger partial charge on any atom is -0.383 e. The van der Waals surface area contributed by atoms with Gasteiger partial charge in [-0.1, -0.05) is 18.2 Å². The lowest BCUT2D eigenvalue weighted by Crippen LogP contribution is -2.43. The lowest BCUT2D eigenvalue weighted by Gasteiger charge is -2.22. The van der Waals surface area contributed by atoms with Gasteiger partial charge < -0.3 is 15.7 Å². The Balaban J connectivity index is 1.64. The Bertz CT molecular complexity index is 984. The summed E-state index contributed by atoms with van der Waals surface area (Å²) >= 11 is 1.38. The minimum atomic E-state index is -1.39. The molecule has 0 radical (unpaired) electrons. The molecule has 0 fully saturated rings. The van der Waals surface area contributed by atoms with Crippen LogP contribution in [0.5, 0.6) is 0 Å². The van der Waals surface area contributed by atoms with Crippen LogP contribution in [0.2, 0.25) is 0 Å². The average molecular weight is 390 g/mol. The topological polar surface area (TPSA) is 78.4 Å². The van der Waals surface area contributed by atoms with Crippen LogP contribution in [0.4, 0.5) is 14.5 Å². The summed E-state index contributed by atoms with van der Waals surface area (Å²) in [5.41, 5.74) is -1.70. The molecule has 0 saturated carbocycles. The number of fused-ring (bicyclic) bond motifs is 1. The Morgan fingerprint density at radius 1 is 1.11 bits per heavy atom. The van der Waals surface area contributed by atoms with E-state index in [0.29, 0.717) is 10.9 Å². The maximum atomic E-state index is 13.5. The number of carbonyl (C=O) groups is 2. The molecule has 2 aromatic carbocycles. The van der Waals surface area contributed by atoms with E-state index in [1.807, 2.05) is 30.3 Å². The largest absolute Gasteiger partial charge is 0.383 e. The highest BCUT2D eigenvalue weighted by molar-refractivity contribution is 7.19. The van der Waals surface area contributed by atoms with Crippen LogP contribution in [0, 0.1) is 11.6 Å². The maximum absolute atomic E-state index is 13.5. The molecule has 0 saturated heterocycles. The normalized spacial score (nSPS) is 13.2. The number of rotatable bonds is 4. The zero-order valence-electron chi connectivity index (χ0n) is 14.3. The summed E-state index contributed by atoms with van der Waals surface area (Å²) < 4.78 is 27.4. The molecule has 5 nitrogen and oxygen atoms in total. The summed E-state index contributed by atoms with van der Waals surface area (Å²) in [5.74, 6) is -3.95. The van der Waals surface area contributed by atoms with Crippen molar-refractivity contribution in [3.05, 3.63) is 65.0 Å². The highest BCUT2D eigenvalue weighted by Gasteiger charge is 2.27. The van der Waals surface area contributed by atoms with Crippen LogP contribution < -0.4 is 10.6 Å². The first-order valence-corrected chi connectivity index (χ1v) is 8.83. The number of benzene rings is 2. The predicted octanol–water partition coefficient (Wildman–Crippen LogP) is 3.14. The number of nitrogens with one attached hydrogen (secondary N) is 2. The van der Waals surface area contributed by atoms with Gasteiger partial charge in [-0.25, -0.2) is 8.78 Å². The van der Waals surface area contributed by atoms with Gasteiger partial charge in [0.15, 0.2) is 0 Å². The molecule has 1 heterocycles. The second-order valence-corrected chi connectivity index (χ2v) is 7.27. The van der Waals surface area contributed by atoms with Gasteiger partial charge in [-0.2, -0.15) is 0 Å². The first-order valence-electron chi connectivity index (χ1n) is 8.02. The second kappa shape index (κ2) is 7.42. The number of aliphatic hydroxyl groups is 1. The quantitative estimate of drug-likeness (QED) is 0.599. The van der Waals surface area contributed by atoms with E-state index < -0.39 is 29.0 Å². The van der Waals surface area contributed by atoms with E-state index in [2.05, 4.69) is 10.6 Å². The van der Waals surface area contributed by atoms with E-state index in [1.54, 1.807) is 0 Å². The van der Waals surface area contributed by atoms with Gasteiger partial charge in [-0.3, -0.25) is 9.59 Å². The number of carbonyl (C=O) groups excluding carboxylic acids is 2. The number of amides is 2. The molecule has 3 N–H and O–H groups in total. The number of anilines is 1. The van der Waals surface area contributed by atoms with E-state index in [9.17, 15) is 23.5 Å². The molecule has 2 amide bonds. The van der Waals surface area contributed by atoms with Gasteiger partial charge in [-0.15, -0.1) is 11.3 Å². The lowest BCUT2D eigenvalue weighted by molar-refractivity contribution is -0.136. The summed E-state index contributed by atoms with van der Waals surface area (Å²) in [6.45, 7) is 1.31. The third kappa shape index (κ3) is 4.29. The van der Waals surface area contributed by atoms with Crippen LogP contribution in [0.3, 0.4) is 0 Å². The molecule has 0 spiro atoms. The SMILES string of the molecule is CC(O)(CNC(=O)C(=O)Nc1ccc(F)cc1F)c1cc2ccccc2s1. The van der Waals surface area contributed by atoms with Gasteiger partial charge >= 0.3 is 11.8 Å². The molecule has 0 aliphatic heterocycles. The summed E-state index contributed by atoms with van der Waals surface area (Å²) in [7, 11) is 0.